The quantitative estimate of drug-likeness (QED) is 0.225. The Balaban J connectivity index is 0.00000841. The maximum absolute atomic E-state index is 12.5. The minimum atomic E-state index is -4.37. The average molecular weight is 544 g/mol. The number of hydrogen-bond donors (Lipinski definition) is 2. The number of benzene rings is 1. The van der Waals surface area contributed by atoms with Gasteiger partial charge in [0.05, 0.1) is 6.54 Å². The third-order valence-electron chi connectivity index (χ3n) is 4.50. The molecular formula is C21H36F3IN4O. The summed E-state index contributed by atoms with van der Waals surface area (Å²) in [5.41, 5.74) is 0.614. The fraction of sp³-hybridized carbons (Fsp3) is 0.667. The zero-order valence-electron chi connectivity index (χ0n) is 18.4. The molecule has 0 aliphatic heterocycles. The van der Waals surface area contributed by atoms with Gasteiger partial charge in [0.1, 0.15) is 5.75 Å². The van der Waals surface area contributed by atoms with Crippen LogP contribution in [0.4, 0.5) is 13.2 Å². The van der Waals surface area contributed by atoms with Gasteiger partial charge in [-0.2, -0.15) is 13.2 Å². The molecule has 2 N–H and O–H groups in total. The molecule has 1 atom stereocenters. The molecule has 1 aromatic carbocycles. The second-order valence-corrected chi connectivity index (χ2v) is 6.92. The maximum Gasteiger partial charge on any atom is 0.422 e. The Morgan fingerprint density at radius 2 is 1.83 bits per heavy atom. The lowest BCUT2D eigenvalue weighted by atomic mass is 10.2. The number of nitrogens with one attached hydrogen (secondary N) is 2. The van der Waals surface area contributed by atoms with Crippen LogP contribution in [-0.4, -0.2) is 55.9 Å². The molecule has 0 saturated carbocycles. The topological polar surface area (TPSA) is 48.9 Å². The number of aliphatic imine (C=N–C) groups is 1. The van der Waals surface area contributed by atoms with Gasteiger partial charge in [-0.3, -0.25) is 0 Å². The second-order valence-electron chi connectivity index (χ2n) is 6.92. The summed E-state index contributed by atoms with van der Waals surface area (Å²) in [5, 5.41) is 6.56. The molecule has 9 heteroatoms. The molecule has 0 amide bonds. The van der Waals surface area contributed by atoms with Crippen LogP contribution in [0.2, 0.25) is 0 Å². The second kappa shape index (κ2) is 15.6. The van der Waals surface area contributed by atoms with E-state index >= 15 is 0 Å². The van der Waals surface area contributed by atoms with Gasteiger partial charge < -0.3 is 20.3 Å². The smallest absolute Gasteiger partial charge is 0.422 e. The monoisotopic (exact) mass is 544 g/mol. The molecular weight excluding hydrogens is 508 g/mol. The van der Waals surface area contributed by atoms with Gasteiger partial charge >= 0.3 is 6.18 Å². The molecule has 0 aliphatic carbocycles. The van der Waals surface area contributed by atoms with Crippen molar-refractivity contribution in [3.05, 3.63) is 29.8 Å². The van der Waals surface area contributed by atoms with Crippen molar-refractivity contribution in [1.82, 2.24) is 15.5 Å². The minimum Gasteiger partial charge on any atom is -0.484 e. The highest BCUT2D eigenvalue weighted by molar-refractivity contribution is 14.0. The van der Waals surface area contributed by atoms with Gasteiger partial charge in [-0.1, -0.05) is 32.0 Å². The van der Waals surface area contributed by atoms with Crippen LogP contribution in [0.1, 0.15) is 46.1 Å². The van der Waals surface area contributed by atoms with Crippen LogP contribution in [-0.2, 0) is 6.54 Å². The van der Waals surface area contributed by atoms with E-state index in [1.165, 1.54) is 6.07 Å². The van der Waals surface area contributed by atoms with Crippen LogP contribution in [0.5, 0.6) is 5.75 Å². The normalized spacial score (nSPS) is 13.0. The summed E-state index contributed by atoms with van der Waals surface area (Å²) in [6.07, 6.45) is -2.27. The van der Waals surface area contributed by atoms with Crippen molar-refractivity contribution in [1.29, 1.82) is 0 Å². The van der Waals surface area contributed by atoms with Crippen molar-refractivity contribution in [2.75, 3.05) is 32.8 Å². The fourth-order valence-corrected chi connectivity index (χ4v) is 2.89. The van der Waals surface area contributed by atoms with Gasteiger partial charge in [0.15, 0.2) is 12.6 Å². The zero-order valence-corrected chi connectivity index (χ0v) is 20.7. The fourth-order valence-electron chi connectivity index (χ4n) is 2.89. The summed E-state index contributed by atoms with van der Waals surface area (Å²) in [6.45, 7) is 11.2. The summed E-state index contributed by atoms with van der Waals surface area (Å²) in [6, 6.07) is 6.92. The first kappa shape index (κ1) is 28.8. The Labute approximate surface area is 195 Å². The van der Waals surface area contributed by atoms with E-state index in [1.54, 1.807) is 18.2 Å². The Kier molecular flexibility index (Phi) is 14.9. The molecule has 1 aromatic rings. The van der Waals surface area contributed by atoms with E-state index in [1.807, 2.05) is 6.92 Å². The van der Waals surface area contributed by atoms with Crippen molar-refractivity contribution in [2.24, 2.45) is 4.99 Å². The number of guanidine groups is 1. The molecule has 0 saturated heterocycles. The first-order valence-electron chi connectivity index (χ1n) is 10.3. The van der Waals surface area contributed by atoms with Crippen molar-refractivity contribution < 1.29 is 17.9 Å². The first-order valence-corrected chi connectivity index (χ1v) is 10.3. The third kappa shape index (κ3) is 12.5. The van der Waals surface area contributed by atoms with Crippen molar-refractivity contribution in [3.63, 3.8) is 0 Å². The Morgan fingerprint density at radius 3 is 2.43 bits per heavy atom. The molecule has 0 aromatic heterocycles. The van der Waals surface area contributed by atoms with Crippen LogP contribution in [0.15, 0.2) is 29.3 Å². The number of rotatable bonds is 12. The van der Waals surface area contributed by atoms with Gasteiger partial charge in [-0.05, 0) is 52.4 Å². The standard InChI is InChI=1S/C21H35F3N4O.HI/c1-5-25-20(27-17(4)11-10-14-28(6-2)7-3)26-15-18-12-8-9-13-19(18)29-16-21(22,23)24;/h8-9,12-13,17H,5-7,10-11,14-16H2,1-4H3,(H2,25,26,27);1H. The Bertz CT molecular complexity index is 610. The number of alkyl halides is 3. The molecule has 0 fully saturated rings. The van der Waals surface area contributed by atoms with E-state index < -0.39 is 12.8 Å². The van der Waals surface area contributed by atoms with E-state index in [9.17, 15) is 13.2 Å². The third-order valence-corrected chi connectivity index (χ3v) is 4.50. The summed E-state index contributed by atoms with van der Waals surface area (Å²) in [5.74, 6) is 0.852. The highest BCUT2D eigenvalue weighted by atomic mass is 127. The largest absolute Gasteiger partial charge is 0.484 e. The molecule has 30 heavy (non-hydrogen) atoms. The lowest BCUT2D eigenvalue weighted by molar-refractivity contribution is -0.153. The van der Waals surface area contributed by atoms with Crippen LogP contribution < -0.4 is 15.4 Å². The average Bonchev–Trinajstić information content (AvgIpc) is 2.68. The van der Waals surface area contributed by atoms with Gasteiger partial charge in [-0.25, -0.2) is 4.99 Å². The number of para-hydroxylation sites is 1. The van der Waals surface area contributed by atoms with E-state index in [0.717, 1.165) is 32.5 Å². The Hall–Kier alpha value is -1.23. The van der Waals surface area contributed by atoms with E-state index in [4.69, 9.17) is 4.74 Å². The molecule has 174 valence electrons. The lowest BCUT2D eigenvalue weighted by Crippen LogP contribution is -2.42. The van der Waals surface area contributed by atoms with Gasteiger partial charge in [0, 0.05) is 18.2 Å². The zero-order chi connectivity index (χ0) is 21.7. The maximum atomic E-state index is 12.5. The SMILES string of the molecule is CCNC(=NCc1ccccc1OCC(F)(F)F)NC(C)CCCN(CC)CC.I. The van der Waals surface area contributed by atoms with Crippen LogP contribution in [0, 0.1) is 0 Å². The number of ether oxygens (including phenoxy) is 1. The van der Waals surface area contributed by atoms with Crippen molar-refractivity contribution in [2.45, 2.75) is 59.3 Å². The molecule has 1 rings (SSSR count). The van der Waals surface area contributed by atoms with Crippen LogP contribution in [0.25, 0.3) is 0 Å². The van der Waals surface area contributed by atoms with Crippen LogP contribution in [0.3, 0.4) is 0 Å². The van der Waals surface area contributed by atoms with E-state index in [0.29, 0.717) is 18.1 Å². The van der Waals surface area contributed by atoms with Crippen molar-refractivity contribution in [3.8, 4) is 5.75 Å². The summed E-state index contributed by atoms with van der Waals surface area (Å²) < 4.78 is 42.3. The molecule has 0 spiro atoms. The summed E-state index contributed by atoms with van der Waals surface area (Å²) >= 11 is 0. The highest BCUT2D eigenvalue weighted by Gasteiger charge is 2.28. The van der Waals surface area contributed by atoms with Gasteiger partial charge in [0.2, 0.25) is 0 Å². The summed E-state index contributed by atoms with van der Waals surface area (Å²) in [4.78, 5) is 6.92. The van der Waals surface area contributed by atoms with E-state index in [2.05, 4.69) is 41.3 Å². The van der Waals surface area contributed by atoms with Crippen LogP contribution >= 0.6 is 24.0 Å². The number of nitrogens with zero attached hydrogens (tertiary/aromatic N) is 2. The summed E-state index contributed by atoms with van der Waals surface area (Å²) in [7, 11) is 0. The minimum absolute atomic E-state index is 0. The molecule has 1 unspecified atom stereocenters. The lowest BCUT2D eigenvalue weighted by Gasteiger charge is -2.21. The first-order chi connectivity index (χ1) is 13.8. The number of halogens is 4. The van der Waals surface area contributed by atoms with Crippen molar-refractivity contribution >= 4 is 29.9 Å². The molecule has 0 radical (unpaired) electrons. The molecule has 0 bridgehead atoms. The molecule has 0 heterocycles. The van der Waals surface area contributed by atoms with Gasteiger partial charge in [-0.15, -0.1) is 24.0 Å². The predicted molar refractivity (Wildman–Crippen MR) is 128 cm³/mol. The van der Waals surface area contributed by atoms with E-state index in [-0.39, 0.29) is 42.3 Å². The number of hydrogen-bond acceptors (Lipinski definition) is 3. The highest BCUT2D eigenvalue weighted by Crippen LogP contribution is 2.22. The Morgan fingerprint density at radius 1 is 1.17 bits per heavy atom. The molecule has 5 nitrogen and oxygen atoms in total. The predicted octanol–water partition coefficient (Wildman–Crippen LogP) is 4.81. The van der Waals surface area contributed by atoms with Gasteiger partial charge in [0.25, 0.3) is 0 Å². The molecule has 0 aliphatic rings.